The van der Waals surface area contributed by atoms with Crippen LogP contribution in [0.25, 0.3) is 28.0 Å². The van der Waals surface area contributed by atoms with E-state index in [0.717, 1.165) is 10.9 Å². The number of rotatable bonds is 4. The summed E-state index contributed by atoms with van der Waals surface area (Å²) in [6.45, 7) is 0. The van der Waals surface area contributed by atoms with E-state index in [-0.39, 0.29) is 23.5 Å². The molecule has 7 nitrogen and oxygen atoms in total. The van der Waals surface area contributed by atoms with Crippen molar-refractivity contribution in [2.45, 2.75) is 12.5 Å². The molecule has 2 aromatic carbocycles. The molecule has 1 fully saturated rings. The summed E-state index contributed by atoms with van der Waals surface area (Å²) in [5.74, 6) is 0.367. The molecule has 0 saturated carbocycles. The summed E-state index contributed by atoms with van der Waals surface area (Å²) < 4.78 is 25.1. The highest BCUT2D eigenvalue weighted by Crippen LogP contribution is 2.34. The van der Waals surface area contributed by atoms with Crippen LogP contribution in [-0.2, 0) is 9.84 Å². The van der Waals surface area contributed by atoms with Crippen molar-refractivity contribution in [2.75, 3.05) is 11.5 Å². The Morgan fingerprint density at radius 1 is 1.09 bits per heavy atom. The first kappa shape index (κ1) is 20.7. The fraction of sp³-hybridized carbons (Fsp3) is 0.174. The van der Waals surface area contributed by atoms with Crippen LogP contribution in [0.4, 0.5) is 0 Å². The van der Waals surface area contributed by atoms with Gasteiger partial charge in [0.05, 0.1) is 22.0 Å². The van der Waals surface area contributed by atoms with Gasteiger partial charge in [-0.2, -0.15) is 5.10 Å². The third-order valence-electron chi connectivity index (χ3n) is 5.51. The molecule has 0 bridgehead atoms. The van der Waals surface area contributed by atoms with E-state index < -0.39 is 9.84 Å². The third kappa shape index (κ3) is 3.87. The van der Waals surface area contributed by atoms with E-state index in [4.69, 9.17) is 16.7 Å². The van der Waals surface area contributed by atoms with Crippen molar-refractivity contribution in [1.29, 1.82) is 0 Å². The molecule has 162 valence electrons. The number of hydrogen-bond acceptors (Lipinski definition) is 5. The minimum Gasteiger partial charge on any atom is -0.348 e. The van der Waals surface area contributed by atoms with E-state index in [1.807, 2.05) is 42.5 Å². The fourth-order valence-corrected chi connectivity index (χ4v) is 5.84. The van der Waals surface area contributed by atoms with Gasteiger partial charge in [0, 0.05) is 28.8 Å². The zero-order chi connectivity index (χ0) is 22.3. The van der Waals surface area contributed by atoms with Crippen molar-refractivity contribution < 1.29 is 13.2 Å². The molecule has 0 radical (unpaired) electrons. The zero-order valence-corrected chi connectivity index (χ0v) is 18.5. The molecule has 1 saturated heterocycles. The van der Waals surface area contributed by atoms with Crippen molar-refractivity contribution in [2.24, 2.45) is 0 Å². The maximum Gasteiger partial charge on any atom is 0.251 e. The molecule has 2 aromatic heterocycles. The summed E-state index contributed by atoms with van der Waals surface area (Å²) in [4.78, 5) is 17.3. The van der Waals surface area contributed by atoms with Gasteiger partial charge < -0.3 is 5.32 Å². The molecule has 32 heavy (non-hydrogen) atoms. The number of amides is 1. The molecule has 9 heteroatoms. The Bertz CT molecular complexity index is 1430. The van der Waals surface area contributed by atoms with Gasteiger partial charge in [-0.1, -0.05) is 35.9 Å². The minimum atomic E-state index is -3.08. The monoisotopic (exact) mass is 466 g/mol. The van der Waals surface area contributed by atoms with Gasteiger partial charge in [0.15, 0.2) is 15.7 Å². The summed E-state index contributed by atoms with van der Waals surface area (Å²) in [5, 5.41) is 9.01. The van der Waals surface area contributed by atoms with Crippen LogP contribution in [0.5, 0.6) is 0 Å². The van der Waals surface area contributed by atoms with E-state index in [2.05, 4.69) is 10.3 Å². The molecule has 1 aliphatic heterocycles. The molecule has 0 spiro atoms. The number of benzene rings is 2. The second-order valence-corrected chi connectivity index (χ2v) is 10.4. The lowest BCUT2D eigenvalue weighted by Crippen LogP contribution is -2.35. The topological polar surface area (TPSA) is 94.0 Å². The van der Waals surface area contributed by atoms with Crippen LogP contribution in [0, 0.1) is 0 Å². The molecule has 3 heterocycles. The minimum absolute atomic E-state index is 0.0243. The molecule has 1 aliphatic rings. The molecule has 1 atom stereocenters. The first-order chi connectivity index (χ1) is 15.4. The second kappa shape index (κ2) is 8.03. The van der Waals surface area contributed by atoms with Crippen LogP contribution in [-0.4, -0.2) is 46.6 Å². The summed E-state index contributed by atoms with van der Waals surface area (Å²) in [5.41, 5.74) is 2.59. The highest BCUT2D eigenvalue weighted by molar-refractivity contribution is 7.91. The van der Waals surface area contributed by atoms with Gasteiger partial charge in [-0.05, 0) is 42.8 Å². The van der Waals surface area contributed by atoms with E-state index in [1.165, 1.54) is 0 Å². The zero-order valence-electron chi connectivity index (χ0n) is 16.9. The Hall–Kier alpha value is -3.23. The number of nitrogens with zero attached hydrogens (tertiary/aromatic N) is 3. The van der Waals surface area contributed by atoms with Gasteiger partial charge in [0.25, 0.3) is 5.91 Å². The fourth-order valence-electron chi connectivity index (χ4n) is 3.94. The number of halogens is 1. The Labute approximate surface area is 190 Å². The lowest BCUT2D eigenvalue weighted by Gasteiger charge is -2.11. The molecular weight excluding hydrogens is 448 g/mol. The molecule has 4 aromatic rings. The van der Waals surface area contributed by atoms with Crippen molar-refractivity contribution in [3.05, 3.63) is 77.4 Å². The second-order valence-electron chi connectivity index (χ2n) is 7.73. The summed E-state index contributed by atoms with van der Waals surface area (Å²) in [7, 11) is -3.08. The van der Waals surface area contributed by atoms with E-state index >= 15 is 0 Å². The van der Waals surface area contributed by atoms with E-state index in [9.17, 15) is 13.2 Å². The van der Waals surface area contributed by atoms with Gasteiger partial charge >= 0.3 is 0 Å². The van der Waals surface area contributed by atoms with Crippen LogP contribution in [0.2, 0.25) is 5.02 Å². The predicted molar refractivity (Wildman–Crippen MR) is 124 cm³/mol. The SMILES string of the molecule is O=C(NC1CCS(=O)(=O)C1)c1ccc2c(-c3ccccc3Cl)nn(-c3ccccn3)c2c1. The van der Waals surface area contributed by atoms with Crippen molar-refractivity contribution in [1.82, 2.24) is 20.1 Å². The third-order valence-corrected chi connectivity index (χ3v) is 7.60. The van der Waals surface area contributed by atoms with Gasteiger partial charge in [-0.25, -0.2) is 18.1 Å². The Morgan fingerprint density at radius 3 is 2.62 bits per heavy atom. The lowest BCUT2D eigenvalue weighted by atomic mass is 10.1. The largest absolute Gasteiger partial charge is 0.348 e. The molecule has 1 N–H and O–H groups in total. The number of pyridine rings is 1. The number of aromatic nitrogens is 3. The molecule has 5 rings (SSSR count). The van der Waals surface area contributed by atoms with Gasteiger partial charge in [0.1, 0.15) is 5.69 Å². The average Bonchev–Trinajstić information content (AvgIpc) is 3.33. The number of nitrogens with one attached hydrogen (secondary N) is 1. The van der Waals surface area contributed by atoms with Crippen LogP contribution in [0.1, 0.15) is 16.8 Å². The number of fused-ring (bicyclic) bond motifs is 1. The molecule has 1 unspecified atom stereocenters. The number of sulfone groups is 1. The number of carbonyl (C=O) groups is 1. The lowest BCUT2D eigenvalue weighted by molar-refractivity contribution is 0.0941. The van der Waals surface area contributed by atoms with Crippen LogP contribution in [0.15, 0.2) is 66.9 Å². The molecule has 0 aliphatic carbocycles. The number of carbonyl (C=O) groups excluding carboxylic acids is 1. The van der Waals surface area contributed by atoms with Crippen molar-refractivity contribution in [3.8, 4) is 17.1 Å². The van der Waals surface area contributed by atoms with Crippen molar-refractivity contribution in [3.63, 3.8) is 0 Å². The van der Waals surface area contributed by atoms with Crippen molar-refractivity contribution >= 4 is 38.2 Å². The Morgan fingerprint density at radius 2 is 1.91 bits per heavy atom. The maximum atomic E-state index is 12.9. The summed E-state index contributed by atoms with van der Waals surface area (Å²) >= 11 is 6.44. The Kier molecular flexibility index (Phi) is 5.19. The predicted octanol–water partition coefficient (Wildman–Crippen LogP) is 3.66. The Balaban J connectivity index is 1.60. The van der Waals surface area contributed by atoms with E-state index in [0.29, 0.717) is 34.0 Å². The van der Waals surface area contributed by atoms with Crippen LogP contribution < -0.4 is 5.32 Å². The molecular formula is C23H19ClN4O3S. The first-order valence-electron chi connectivity index (χ1n) is 10.1. The van der Waals surface area contributed by atoms with Gasteiger partial charge in [-0.15, -0.1) is 0 Å². The first-order valence-corrected chi connectivity index (χ1v) is 12.3. The standard InChI is InChI=1S/C23H19ClN4O3S/c24-19-6-2-1-5-17(19)22-18-9-8-15(23(29)26-16-10-12-32(30,31)14-16)13-20(18)28(27-22)21-7-3-4-11-25-21/h1-9,11,13,16H,10,12,14H2,(H,26,29). The highest BCUT2D eigenvalue weighted by Gasteiger charge is 2.29. The van der Waals surface area contributed by atoms with Crippen LogP contribution >= 0.6 is 11.6 Å². The summed E-state index contributed by atoms with van der Waals surface area (Å²) in [6, 6.07) is 17.9. The highest BCUT2D eigenvalue weighted by atomic mass is 35.5. The average molecular weight is 467 g/mol. The molecule has 1 amide bonds. The normalized spacial score (nSPS) is 17.5. The van der Waals surface area contributed by atoms with Crippen LogP contribution in [0.3, 0.4) is 0 Å². The smallest absolute Gasteiger partial charge is 0.251 e. The quantitative estimate of drug-likeness (QED) is 0.495. The van der Waals surface area contributed by atoms with E-state index in [1.54, 1.807) is 29.1 Å². The maximum absolute atomic E-state index is 12.9. The van der Waals surface area contributed by atoms with Gasteiger partial charge in [0.2, 0.25) is 0 Å². The number of hydrogen-bond donors (Lipinski definition) is 1. The van der Waals surface area contributed by atoms with Gasteiger partial charge in [-0.3, -0.25) is 4.79 Å². The summed E-state index contributed by atoms with van der Waals surface area (Å²) in [6.07, 6.45) is 2.11.